The standard InChI is InChI=1S/C13H11FN2O3/c1-8-5-9(14)3-4-11(8)19-12-7-15-10(6-16-12)13(17)18-2/h3-7H,1-2H3. The maximum Gasteiger partial charge on any atom is 0.358 e. The summed E-state index contributed by atoms with van der Waals surface area (Å²) >= 11 is 0. The summed E-state index contributed by atoms with van der Waals surface area (Å²) in [7, 11) is 1.26. The molecular weight excluding hydrogens is 251 g/mol. The SMILES string of the molecule is COC(=O)c1cnc(Oc2ccc(F)cc2C)cn1. The molecule has 0 amide bonds. The topological polar surface area (TPSA) is 61.3 Å². The van der Waals surface area contributed by atoms with Gasteiger partial charge in [0.15, 0.2) is 5.69 Å². The zero-order valence-electron chi connectivity index (χ0n) is 10.4. The van der Waals surface area contributed by atoms with E-state index in [0.29, 0.717) is 11.3 Å². The Bertz CT molecular complexity index is 599. The van der Waals surface area contributed by atoms with E-state index >= 15 is 0 Å². The molecule has 1 aromatic heterocycles. The predicted molar refractivity (Wildman–Crippen MR) is 64.6 cm³/mol. The lowest BCUT2D eigenvalue weighted by Crippen LogP contribution is -2.05. The van der Waals surface area contributed by atoms with Crippen LogP contribution in [0.1, 0.15) is 16.1 Å². The first kappa shape index (κ1) is 12.9. The number of hydrogen-bond donors (Lipinski definition) is 0. The van der Waals surface area contributed by atoms with E-state index in [0.717, 1.165) is 0 Å². The van der Waals surface area contributed by atoms with Gasteiger partial charge in [-0.25, -0.2) is 19.2 Å². The molecule has 0 aliphatic carbocycles. The molecule has 5 nitrogen and oxygen atoms in total. The smallest absolute Gasteiger partial charge is 0.358 e. The van der Waals surface area contributed by atoms with E-state index in [2.05, 4.69) is 14.7 Å². The third-order valence-electron chi connectivity index (χ3n) is 2.37. The number of carbonyl (C=O) groups is 1. The fourth-order valence-corrected chi connectivity index (χ4v) is 1.42. The molecule has 0 N–H and O–H groups in total. The van der Waals surface area contributed by atoms with Crippen molar-refractivity contribution < 1.29 is 18.7 Å². The summed E-state index contributed by atoms with van der Waals surface area (Å²) in [6, 6.07) is 4.14. The molecule has 6 heteroatoms. The number of hydrogen-bond acceptors (Lipinski definition) is 5. The maximum atomic E-state index is 12.9. The van der Waals surface area contributed by atoms with Crippen LogP contribution >= 0.6 is 0 Å². The van der Waals surface area contributed by atoms with Gasteiger partial charge in [0.2, 0.25) is 5.88 Å². The van der Waals surface area contributed by atoms with Crippen LogP contribution < -0.4 is 4.74 Å². The first-order valence-corrected chi connectivity index (χ1v) is 5.44. The number of ether oxygens (including phenoxy) is 2. The third-order valence-corrected chi connectivity index (χ3v) is 2.37. The molecule has 2 rings (SSSR count). The number of rotatable bonds is 3. The van der Waals surface area contributed by atoms with Gasteiger partial charge < -0.3 is 9.47 Å². The number of methoxy groups -OCH3 is 1. The molecule has 98 valence electrons. The molecule has 0 aliphatic rings. The molecule has 1 aromatic carbocycles. The summed E-state index contributed by atoms with van der Waals surface area (Å²) in [6.45, 7) is 1.72. The third kappa shape index (κ3) is 3.04. The molecule has 0 saturated carbocycles. The number of nitrogens with zero attached hydrogens (tertiary/aromatic N) is 2. The van der Waals surface area contributed by atoms with Crippen LogP contribution in [-0.4, -0.2) is 23.0 Å². The minimum atomic E-state index is -0.572. The molecule has 0 bridgehead atoms. The van der Waals surface area contributed by atoms with Gasteiger partial charge in [0.05, 0.1) is 19.5 Å². The Kier molecular flexibility index (Phi) is 3.70. The lowest BCUT2D eigenvalue weighted by atomic mass is 10.2. The van der Waals surface area contributed by atoms with Gasteiger partial charge in [-0.3, -0.25) is 0 Å². The van der Waals surface area contributed by atoms with Crippen LogP contribution in [-0.2, 0) is 4.74 Å². The Balaban J connectivity index is 2.17. The lowest BCUT2D eigenvalue weighted by Gasteiger charge is -2.07. The average molecular weight is 262 g/mol. The van der Waals surface area contributed by atoms with Crippen molar-refractivity contribution in [1.82, 2.24) is 9.97 Å². The number of aromatic nitrogens is 2. The molecule has 0 spiro atoms. The van der Waals surface area contributed by atoms with E-state index in [-0.39, 0.29) is 17.4 Å². The Morgan fingerprint density at radius 1 is 1.26 bits per heavy atom. The Morgan fingerprint density at radius 3 is 2.63 bits per heavy atom. The molecule has 0 radical (unpaired) electrons. The molecular formula is C13H11FN2O3. The quantitative estimate of drug-likeness (QED) is 0.795. The molecule has 0 fully saturated rings. The lowest BCUT2D eigenvalue weighted by molar-refractivity contribution is 0.0593. The number of aryl methyl sites for hydroxylation is 1. The van der Waals surface area contributed by atoms with Crippen LogP contribution in [0.25, 0.3) is 0 Å². The molecule has 0 atom stereocenters. The number of esters is 1. The van der Waals surface area contributed by atoms with Crippen LogP contribution in [0.2, 0.25) is 0 Å². The fraction of sp³-hybridized carbons (Fsp3) is 0.154. The highest BCUT2D eigenvalue weighted by molar-refractivity contribution is 5.86. The number of benzene rings is 1. The summed E-state index contributed by atoms with van der Waals surface area (Å²) in [5.41, 5.74) is 0.726. The zero-order chi connectivity index (χ0) is 13.8. The van der Waals surface area contributed by atoms with Crippen LogP contribution in [0.5, 0.6) is 11.6 Å². The summed E-state index contributed by atoms with van der Waals surface area (Å²) in [5, 5.41) is 0. The second-order valence-electron chi connectivity index (χ2n) is 3.74. The average Bonchev–Trinajstić information content (AvgIpc) is 2.42. The van der Waals surface area contributed by atoms with Crippen molar-refractivity contribution in [3.8, 4) is 11.6 Å². The maximum absolute atomic E-state index is 12.9. The predicted octanol–water partition coefficient (Wildman–Crippen LogP) is 2.50. The van der Waals surface area contributed by atoms with Gasteiger partial charge in [0, 0.05) is 0 Å². The number of halogens is 1. The minimum absolute atomic E-state index is 0.0886. The summed E-state index contributed by atoms with van der Waals surface area (Å²) in [4.78, 5) is 19.0. The van der Waals surface area contributed by atoms with Crippen LogP contribution in [0.3, 0.4) is 0 Å². The number of carbonyl (C=O) groups excluding carboxylic acids is 1. The van der Waals surface area contributed by atoms with E-state index in [1.54, 1.807) is 6.92 Å². The molecule has 19 heavy (non-hydrogen) atoms. The van der Waals surface area contributed by atoms with Gasteiger partial charge in [-0.1, -0.05) is 0 Å². The largest absolute Gasteiger partial charge is 0.464 e. The minimum Gasteiger partial charge on any atom is -0.464 e. The second-order valence-corrected chi connectivity index (χ2v) is 3.74. The Morgan fingerprint density at radius 2 is 2.05 bits per heavy atom. The summed E-state index contributed by atoms with van der Waals surface area (Å²) < 4.78 is 22.9. The van der Waals surface area contributed by atoms with Crippen molar-refractivity contribution in [2.75, 3.05) is 7.11 Å². The zero-order valence-corrected chi connectivity index (χ0v) is 10.4. The van der Waals surface area contributed by atoms with Crippen molar-refractivity contribution in [1.29, 1.82) is 0 Å². The first-order valence-electron chi connectivity index (χ1n) is 5.44. The van der Waals surface area contributed by atoms with E-state index in [1.165, 1.54) is 37.7 Å². The molecule has 0 aliphatic heterocycles. The van der Waals surface area contributed by atoms with Gasteiger partial charge in [0.25, 0.3) is 0 Å². The normalized spacial score (nSPS) is 10.1. The highest BCUT2D eigenvalue weighted by Gasteiger charge is 2.09. The van der Waals surface area contributed by atoms with Gasteiger partial charge >= 0.3 is 5.97 Å². The highest BCUT2D eigenvalue weighted by Crippen LogP contribution is 2.23. The fourth-order valence-electron chi connectivity index (χ4n) is 1.42. The first-order chi connectivity index (χ1) is 9.10. The van der Waals surface area contributed by atoms with Crippen LogP contribution in [0.15, 0.2) is 30.6 Å². The molecule has 1 heterocycles. The van der Waals surface area contributed by atoms with Crippen molar-refractivity contribution in [2.24, 2.45) is 0 Å². The van der Waals surface area contributed by atoms with Crippen LogP contribution in [0, 0.1) is 12.7 Å². The van der Waals surface area contributed by atoms with E-state index in [1.807, 2.05) is 0 Å². The van der Waals surface area contributed by atoms with E-state index in [9.17, 15) is 9.18 Å². The molecule has 2 aromatic rings. The summed E-state index contributed by atoms with van der Waals surface area (Å²) in [5.74, 6) is -0.224. The monoisotopic (exact) mass is 262 g/mol. The van der Waals surface area contributed by atoms with Crippen LogP contribution in [0.4, 0.5) is 4.39 Å². The summed E-state index contributed by atoms with van der Waals surface area (Å²) in [6.07, 6.45) is 2.55. The van der Waals surface area contributed by atoms with E-state index in [4.69, 9.17) is 4.74 Å². The van der Waals surface area contributed by atoms with Gasteiger partial charge in [-0.05, 0) is 30.7 Å². The van der Waals surface area contributed by atoms with Gasteiger partial charge in [-0.15, -0.1) is 0 Å². The van der Waals surface area contributed by atoms with E-state index < -0.39 is 5.97 Å². The van der Waals surface area contributed by atoms with Crippen molar-refractivity contribution in [3.63, 3.8) is 0 Å². The van der Waals surface area contributed by atoms with Crippen molar-refractivity contribution >= 4 is 5.97 Å². The van der Waals surface area contributed by atoms with Crippen molar-refractivity contribution in [3.05, 3.63) is 47.7 Å². The van der Waals surface area contributed by atoms with Crippen molar-refractivity contribution in [2.45, 2.75) is 6.92 Å². The molecule has 0 unspecified atom stereocenters. The van der Waals surface area contributed by atoms with Gasteiger partial charge in [-0.2, -0.15) is 0 Å². The second kappa shape index (κ2) is 5.43. The van der Waals surface area contributed by atoms with Gasteiger partial charge in [0.1, 0.15) is 11.6 Å². The Hall–Kier alpha value is -2.50. The Labute approximate surface area is 109 Å². The highest BCUT2D eigenvalue weighted by atomic mass is 19.1. The molecule has 0 saturated heterocycles.